The van der Waals surface area contributed by atoms with E-state index >= 15 is 0 Å². The van der Waals surface area contributed by atoms with E-state index in [1.165, 1.54) is 6.20 Å². The molecule has 0 aliphatic carbocycles. The molecule has 0 radical (unpaired) electrons. The van der Waals surface area contributed by atoms with Gasteiger partial charge < -0.3 is 10.1 Å². The molecule has 0 saturated heterocycles. The number of pyridine rings is 1. The average molecular weight is 356 g/mol. The van der Waals surface area contributed by atoms with Gasteiger partial charge in [0.1, 0.15) is 10.9 Å². The van der Waals surface area contributed by atoms with Crippen LogP contribution in [-0.2, 0) is 0 Å². The first-order valence-corrected chi connectivity index (χ1v) is 6.95. The number of carbonyl (C=O) groups excluding carboxylic acids is 1. The van der Waals surface area contributed by atoms with Gasteiger partial charge in [-0.15, -0.1) is 0 Å². The molecule has 1 aromatic carbocycles. The van der Waals surface area contributed by atoms with E-state index in [1.54, 1.807) is 25.3 Å². The highest BCUT2D eigenvalue weighted by Gasteiger charge is 2.13. The summed E-state index contributed by atoms with van der Waals surface area (Å²) in [6.07, 6.45) is 1.54. The number of hydrogen-bond acceptors (Lipinski definition) is 3. The third-order valence-corrected chi connectivity index (χ3v) is 3.47. The molecule has 104 valence electrons. The van der Waals surface area contributed by atoms with E-state index < -0.39 is 0 Å². The molecule has 0 bridgehead atoms. The molecule has 0 aliphatic heterocycles. The molecular formula is C14H12BrClN2O2. The highest BCUT2D eigenvalue weighted by molar-refractivity contribution is 9.10. The monoisotopic (exact) mass is 354 g/mol. The van der Waals surface area contributed by atoms with Crippen molar-refractivity contribution in [3.63, 3.8) is 0 Å². The number of benzene rings is 1. The lowest BCUT2D eigenvalue weighted by atomic mass is 10.1. The summed E-state index contributed by atoms with van der Waals surface area (Å²) in [4.78, 5) is 16.1. The van der Waals surface area contributed by atoms with Gasteiger partial charge in [0.2, 0.25) is 0 Å². The van der Waals surface area contributed by atoms with Gasteiger partial charge in [-0.05, 0) is 52.7 Å². The van der Waals surface area contributed by atoms with Crippen molar-refractivity contribution >= 4 is 39.1 Å². The summed E-state index contributed by atoms with van der Waals surface area (Å²) in [7, 11) is 1.60. The zero-order valence-electron chi connectivity index (χ0n) is 10.9. The van der Waals surface area contributed by atoms with Crippen molar-refractivity contribution in [3.05, 3.63) is 51.2 Å². The van der Waals surface area contributed by atoms with Crippen LogP contribution in [0.3, 0.4) is 0 Å². The third-order valence-electron chi connectivity index (χ3n) is 2.73. The predicted octanol–water partition coefficient (Wildman–Crippen LogP) is 4.07. The maximum absolute atomic E-state index is 12.2. The number of aromatic nitrogens is 1. The van der Waals surface area contributed by atoms with E-state index in [2.05, 4.69) is 26.2 Å². The van der Waals surface area contributed by atoms with Crippen LogP contribution in [0, 0.1) is 6.92 Å². The summed E-state index contributed by atoms with van der Waals surface area (Å²) in [5.74, 6) is 0.430. The van der Waals surface area contributed by atoms with Crippen LogP contribution in [0.15, 0.2) is 34.9 Å². The van der Waals surface area contributed by atoms with Crippen LogP contribution in [0.4, 0.5) is 5.69 Å². The quantitative estimate of drug-likeness (QED) is 0.845. The number of rotatable bonds is 3. The number of nitrogens with one attached hydrogen (secondary N) is 1. The normalized spacial score (nSPS) is 10.2. The topological polar surface area (TPSA) is 51.2 Å². The number of hydrogen-bond donors (Lipinski definition) is 1. The van der Waals surface area contributed by atoms with Gasteiger partial charge in [0.15, 0.2) is 0 Å². The van der Waals surface area contributed by atoms with E-state index in [9.17, 15) is 4.79 Å². The summed E-state index contributed by atoms with van der Waals surface area (Å²) >= 11 is 9.20. The van der Waals surface area contributed by atoms with Gasteiger partial charge in [-0.2, -0.15) is 0 Å². The fraction of sp³-hybridized carbons (Fsp3) is 0.143. The van der Waals surface area contributed by atoms with Crippen molar-refractivity contribution in [2.45, 2.75) is 6.92 Å². The van der Waals surface area contributed by atoms with Crippen LogP contribution < -0.4 is 10.1 Å². The zero-order chi connectivity index (χ0) is 14.7. The molecule has 0 spiro atoms. The summed E-state index contributed by atoms with van der Waals surface area (Å²) in [6.45, 7) is 1.89. The highest BCUT2D eigenvalue weighted by Crippen LogP contribution is 2.23. The fourth-order valence-electron chi connectivity index (χ4n) is 1.67. The Hall–Kier alpha value is -1.59. The zero-order valence-corrected chi connectivity index (χ0v) is 13.2. The summed E-state index contributed by atoms with van der Waals surface area (Å²) in [5.41, 5.74) is 1.92. The number of aryl methyl sites for hydroxylation is 1. The number of anilines is 1. The van der Waals surface area contributed by atoms with Gasteiger partial charge in [0.05, 0.1) is 12.7 Å². The molecule has 20 heavy (non-hydrogen) atoms. The number of carbonyl (C=O) groups is 1. The molecule has 0 atom stereocenters. The lowest BCUT2D eigenvalue weighted by Crippen LogP contribution is -2.14. The van der Waals surface area contributed by atoms with Crippen LogP contribution in [0.1, 0.15) is 15.9 Å². The molecule has 4 nitrogen and oxygen atoms in total. The second kappa shape index (κ2) is 6.24. The Morgan fingerprint density at radius 2 is 2.15 bits per heavy atom. The van der Waals surface area contributed by atoms with Gasteiger partial charge in [-0.1, -0.05) is 11.6 Å². The van der Waals surface area contributed by atoms with Gasteiger partial charge >= 0.3 is 0 Å². The minimum Gasteiger partial charge on any atom is -0.497 e. The smallest absolute Gasteiger partial charge is 0.258 e. The second-order valence-corrected chi connectivity index (χ2v) is 5.40. The van der Waals surface area contributed by atoms with E-state index in [1.807, 2.05) is 13.0 Å². The van der Waals surface area contributed by atoms with Gasteiger partial charge in [-0.3, -0.25) is 4.79 Å². The molecule has 1 heterocycles. The van der Waals surface area contributed by atoms with Crippen LogP contribution in [0.25, 0.3) is 0 Å². The van der Waals surface area contributed by atoms with Crippen LogP contribution >= 0.6 is 27.5 Å². The Kier molecular flexibility index (Phi) is 4.62. The molecule has 2 rings (SSSR count). The molecule has 1 amide bonds. The van der Waals surface area contributed by atoms with Crippen molar-refractivity contribution in [3.8, 4) is 5.75 Å². The SMILES string of the molecule is COc1ccc(NC(=O)c2cc(Br)cnc2Cl)c(C)c1. The van der Waals surface area contributed by atoms with E-state index in [4.69, 9.17) is 16.3 Å². The summed E-state index contributed by atoms with van der Waals surface area (Å²) in [6, 6.07) is 7.04. The van der Waals surface area contributed by atoms with Crippen LogP contribution in [-0.4, -0.2) is 18.0 Å². The van der Waals surface area contributed by atoms with Crippen LogP contribution in [0.5, 0.6) is 5.75 Å². The maximum Gasteiger partial charge on any atom is 0.258 e. The van der Waals surface area contributed by atoms with Crippen molar-refractivity contribution in [2.75, 3.05) is 12.4 Å². The Morgan fingerprint density at radius 1 is 1.40 bits per heavy atom. The minimum atomic E-state index is -0.308. The molecule has 0 aliphatic rings. The Labute approximate surface area is 130 Å². The predicted molar refractivity (Wildman–Crippen MR) is 82.6 cm³/mol. The molecule has 1 aromatic heterocycles. The van der Waals surface area contributed by atoms with E-state index in [-0.39, 0.29) is 11.1 Å². The van der Waals surface area contributed by atoms with Crippen molar-refractivity contribution in [2.24, 2.45) is 0 Å². The van der Waals surface area contributed by atoms with Crippen LogP contribution in [0.2, 0.25) is 5.15 Å². The van der Waals surface area contributed by atoms with Crippen molar-refractivity contribution in [1.82, 2.24) is 4.98 Å². The number of methoxy groups -OCH3 is 1. The third kappa shape index (κ3) is 3.29. The lowest BCUT2D eigenvalue weighted by Gasteiger charge is -2.10. The summed E-state index contributed by atoms with van der Waals surface area (Å²) < 4.78 is 5.82. The summed E-state index contributed by atoms with van der Waals surface area (Å²) in [5, 5.41) is 2.97. The molecule has 2 aromatic rings. The Bertz CT molecular complexity index is 662. The number of amides is 1. The average Bonchev–Trinajstić information content (AvgIpc) is 2.43. The fourth-order valence-corrected chi connectivity index (χ4v) is 2.20. The highest BCUT2D eigenvalue weighted by atomic mass is 79.9. The number of ether oxygens (including phenoxy) is 1. The first-order chi connectivity index (χ1) is 9.51. The molecule has 0 saturated carbocycles. The second-order valence-electron chi connectivity index (χ2n) is 4.13. The van der Waals surface area contributed by atoms with Gasteiger partial charge in [0.25, 0.3) is 5.91 Å². The van der Waals surface area contributed by atoms with Gasteiger partial charge in [0, 0.05) is 16.4 Å². The van der Waals surface area contributed by atoms with E-state index in [0.29, 0.717) is 15.7 Å². The first-order valence-electron chi connectivity index (χ1n) is 5.78. The molecular weight excluding hydrogens is 344 g/mol. The number of halogens is 2. The maximum atomic E-state index is 12.2. The number of nitrogens with zero attached hydrogens (tertiary/aromatic N) is 1. The molecule has 0 fully saturated rings. The molecule has 1 N–H and O–H groups in total. The molecule has 0 unspecified atom stereocenters. The standard InChI is InChI=1S/C14H12BrClN2O2/c1-8-5-10(20-2)3-4-12(8)18-14(19)11-6-9(15)7-17-13(11)16/h3-7H,1-2H3,(H,18,19). The first kappa shape index (κ1) is 14.8. The Morgan fingerprint density at radius 3 is 2.80 bits per heavy atom. The largest absolute Gasteiger partial charge is 0.497 e. The molecule has 6 heteroatoms. The van der Waals surface area contributed by atoms with Crippen molar-refractivity contribution < 1.29 is 9.53 Å². The lowest BCUT2D eigenvalue weighted by molar-refractivity contribution is 0.102. The Balaban J connectivity index is 2.25. The minimum absolute atomic E-state index is 0.164. The van der Waals surface area contributed by atoms with E-state index in [0.717, 1.165) is 11.3 Å². The van der Waals surface area contributed by atoms with Crippen molar-refractivity contribution in [1.29, 1.82) is 0 Å². The van der Waals surface area contributed by atoms with Gasteiger partial charge in [-0.25, -0.2) is 4.98 Å².